The second-order valence-corrected chi connectivity index (χ2v) is 6.18. The summed E-state index contributed by atoms with van der Waals surface area (Å²) in [4.78, 5) is 36.8. The van der Waals surface area contributed by atoms with E-state index in [1.165, 1.54) is 4.90 Å². The minimum absolute atomic E-state index is 0.173. The van der Waals surface area contributed by atoms with E-state index in [-0.39, 0.29) is 24.8 Å². The van der Waals surface area contributed by atoms with Crippen molar-refractivity contribution in [1.82, 2.24) is 10.2 Å². The van der Waals surface area contributed by atoms with Gasteiger partial charge in [0.25, 0.3) is 0 Å². The van der Waals surface area contributed by atoms with Crippen molar-refractivity contribution < 1.29 is 19.5 Å². The van der Waals surface area contributed by atoms with Crippen LogP contribution in [0, 0.1) is 0 Å². The number of aliphatic carboxylic acids is 1. The van der Waals surface area contributed by atoms with Gasteiger partial charge in [-0.1, -0.05) is 42.5 Å². The first-order valence-electron chi connectivity index (χ1n) is 8.32. The van der Waals surface area contributed by atoms with E-state index >= 15 is 0 Å². The number of carbonyl (C=O) groups is 3. The van der Waals surface area contributed by atoms with Crippen LogP contribution in [0.4, 0.5) is 0 Å². The van der Waals surface area contributed by atoms with Gasteiger partial charge in [-0.25, -0.2) is 4.79 Å². The summed E-state index contributed by atoms with van der Waals surface area (Å²) in [6.07, 6.45) is 1.31. The molecule has 25 heavy (non-hydrogen) atoms. The van der Waals surface area contributed by atoms with Crippen molar-refractivity contribution in [2.75, 3.05) is 13.1 Å². The van der Waals surface area contributed by atoms with Crippen LogP contribution in [0.3, 0.4) is 0 Å². The molecule has 0 aromatic heterocycles. The van der Waals surface area contributed by atoms with E-state index in [4.69, 9.17) is 5.11 Å². The maximum absolute atomic E-state index is 12.2. The molecular formula is C19H20N2O4. The van der Waals surface area contributed by atoms with Gasteiger partial charge in [0.05, 0.1) is 13.0 Å². The number of carbonyl (C=O) groups excluding carboxylic acids is 2. The third-order valence-electron chi connectivity index (χ3n) is 4.53. The molecule has 0 bridgehead atoms. The summed E-state index contributed by atoms with van der Waals surface area (Å²) in [6.45, 7) is 0.252. The number of hydrogen-bond donors (Lipinski definition) is 2. The first-order chi connectivity index (χ1) is 12.1. The van der Waals surface area contributed by atoms with Gasteiger partial charge in [0.15, 0.2) is 0 Å². The zero-order chi connectivity index (χ0) is 17.8. The van der Waals surface area contributed by atoms with Gasteiger partial charge in [0.1, 0.15) is 6.04 Å². The molecule has 2 aromatic carbocycles. The molecule has 3 rings (SSSR count). The summed E-state index contributed by atoms with van der Waals surface area (Å²) in [5, 5.41) is 13.8. The Morgan fingerprint density at radius 3 is 2.68 bits per heavy atom. The summed E-state index contributed by atoms with van der Waals surface area (Å²) < 4.78 is 0. The van der Waals surface area contributed by atoms with Gasteiger partial charge in [0, 0.05) is 6.54 Å². The lowest BCUT2D eigenvalue weighted by molar-refractivity contribution is -0.148. The van der Waals surface area contributed by atoms with Crippen LogP contribution in [-0.4, -0.2) is 46.9 Å². The fourth-order valence-corrected chi connectivity index (χ4v) is 3.28. The van der Waals surface area contributed by atoms with Crippen LogP contribution in [0.5, 0.6) is 0 Å². The van der Waals surface area contributed by atoms with Crippen molar-refractivity contribution in [2.24, 2.45) is 0 Å². The molecule has 0 unspecified atom stereocenters. The van der Waals surface area contributed by atoms with Crippen molar-refractivity contribution in [3.8, 4) is 0 Å². The highest BCUT2D eigenvalue weighted by Gasteiger charge is 2.33. The van der Waals surface area contributed by atoms with Crippen molar-refractivity contribution in [1.29, 1.82) is 0 Å². The first kappa shape index (κ1) is 17.0. The number of nitrogens with one attached hydrogen (secondary N) is 1. The lowest BCUT2D eigenvalue weighted by Crippen LogP contribution is -2.45. The second kappa shape index (κ2) is 7.34. The lowest BCUT2D eigenvalue weighted by Gasteiger charge is -2.21. The Labute approximate surface area is 145 Å². The van der Waals surface area contributed by atoms with Gasteiger partial charge in [-0.3, -0.25) is 9.59 Å². The average Bonchev–Trinajstić information content (AvgIpc) is 3.10. The van der Waals surface area contributed by atoms with E-state index < -0.39 is 12.0 Å². The summed E-state index contributed by atoms with van der Waals surface area (Å²) in [5.74, 6) is -1.60. The lowest BCUT2D eigenvalue weighted by atomic mass is 10.0. The van der Waals surface area contributed by atoms with E-state index in [0.717, 1.165) is 16.3 Å². The quantitative estimate of drug-likeness (QED) is 0.865. The molecule has 130 valence electrons. The number of amides is 2. The monoisotopic (exact) mass is 340 g/mol. The Morgan fingerprint density at radius 2 is 1.88 bits per heavy atom. The molecule has 0 aliphatic carbocycles. The van der Waals surface area contributed by atoms with E-state index in [1.54, 1.807) is 0 Å². The SMILES string of the molecule is O=C(Cc1cccc2ccccc12)NCC(=O)N1CCC[C@@H]1C(=O)O. The highest BCUT2D eigenvalue weighted by molar-refractivity contribution is 5.92. The fourth-order valence-electron chi connectivity index (χ4n) is 3.28. The second-order valence-electron chi connectivity index (χ2n) is 6.18. The van der Waals surface area contributed by atoms with Crippen LogP contribution in [-0.2, 0) is 20.8 Å². The molecule has 1 saturated heterocycles. The van der Waals surface area contributed by atoms with Crippen molar-refractivity contribution in [3.05, 3.63) is 48.0 Å². The Bertz CT molecular complexity index is 813. The maximum Gasteiger partial charge on any atom is 0.326 e. The standard InChI is InChI=1S/C19H20N2O4/c22-17(11-14-7-3-6-13-5-1-2-8-15(13)14)20-12-18(23)21-10-4-9-16(21)19(24)25/h1-3,5-8,16H,4,9-12H2,(H,20,22)(H,24,25)/t16-/m1/s1. The minimum atomic E-state index is -0.993. The molecule has 2 N–H and O–H groups in total. The molecule has 2 amide bonds. The smallest absolute Gasteiger partial charge is 0.326 e. The molecule has 1 fully saturated rings. The largest absolute Gasteiger partial charge is 0.480 e. The van der Waals surface area contributed by atoms with Gasteiger partial charge in [0.2, 0.25) is 11.8 Å². The van der Waals surface area contributed by atoms with Gasteiger partial charge in [-0.15, -0.1) is 0 Å². The molecule has 1 atom stereocenters. The summed E-state index contributed by atoms with van der Waals surface area (Å²) in [5.41, 5.74) is 0.896. The number of carboxylic acids is 1. The van der Waals surface area contributed by atoms with Gasteiger partial charge in [-0.2, -0.15) is 0 Å². The maximum atomic E-state index is 12.2. The Kier molecular flexibility index (Phi) is 4.97. The van der Waals surface area contributed by atoms with Crippen molar-refractivity contribution >= 4 is 28.6 Å². The number of nitrogens with zero attached hydrogens (tertiary/aromatic N) is 1. The van der Waals surface area contributed by atoms with Crippen molar-refractivity contribution in [3.63, 3.8) is 0 Å². The van der Waals surface area contributed by atoms with Gasteiger partial charge in [-0.05, 0) is 29.2 Å². The van der Waals surface area contributed by atoms with Crippen molar-refractivity contribution in [2.45, 2.75) is 25.3 Å². The van der Waals surface area contributed by atoms with Gasteiger partial charge < -0.3 is 15.3 Å². The predicted molar refractivity (Wildman–Crippen MR) is 93.0 cm³/mol. The molecule has 0 radical (unpaired) electrons. The Balaban J connectivity index is 1.59. The Hall–Kier alpha value is -2.89. The topological polar surface area (TPSA) is 86.7 Å². The van der Waals surface area contributed by atoms with Crippen LogP contribution in [0.2, 0.25) is 0 Å². The molecule has 6 nitrogen and oxygen atoms in total. The van der Waals surface area contributed by atoms with Crippen LogP contribution >= 0.6 is 0 Å². The molecule has 1 aliphatic rings. The predicted octanol–water partition coefficient (Wildman–Crippen LogP) is 1.57. The number of likely N-dealkylation sites (tertiary alicyclic amines) is 1. The molecular weight excluding hydrogens is 320 g/mol. The third-order valence-corrected chi connectivity index (χ3v) is 4.53. The van der Waals surface area contributed by atoms with E-state index in [9.17, 15) is 14.4 Å². The third kappa shape index (κ3) is 3.79. The molecule has 6 heteroatoms. The minimum Gasteiger partial charge on any atom is -0.480 e. The number of fused-ring (bicyclic) bond motifs is 1. The number of benzene rings is 2. The molecule has 0 spiro atoms. The average molecular weight is 340 g/mol. The summed E-state index contributed by atoms with van der Waals surface area (Å²) >= 11 is 0. The van der Waals surface area contributed by atoms with Crippen LogP contribution in [0.25, 0.3) is 10.8 Å². The molecule has 0 saturated carbocycles. The summed E-state index contributed by atoms with van der Waals surface area (Å²) in [7, 11) is 0. The Morgan fingerprint density at radius 1 is 1.12 bits per heavy atom. The van der Waals surface area contributed by atoms with E-state index in [0.29, 0.717) is 19.4 Å². The van der Waals surface area contributed by atoms with Crippen LogP contribution in [0.15, 0.2) is 42.5 Å². The molecule has 2 aromatic rings. The zero-order valence-corrected chi connectivity index (χ0v) is 13.8. The van der Waals surface area contributed by atoms with E-state index in [2.05, 4.69) is 5.32 Å². The number of hydrogen-bond acceptors (Lipinski definition) is 3. The summed E-state index contributed by atoms with van der Waals surface area (Å²) in [6, 6.07) is 12.8. The number of rotatable bonds is 5. The molecule has 1 aliphatic heterocycles. The highest BCUT2D eigenvalue weighted by Crippen LogP contribution is 2.19. The molecule has 1 heterocycles. The normalized spacial score (nSPS) is 16.8. The number of carboxylic acid groups (broad SMARTS) is 1. The van der Waals surface area contributed by atoms with E-state index in [1.807, 2.05) is 42.5 Å². The first-order valence-corrected chi connectivity index (χ1v) is 8.32. The zero-order valence-electron chi connectivity index (χ0n) is 13.8. The van der Waals surface area contributed by atoms with Crippen LogP contribution in [0.1, 0.15) is 18.4 Å². The van der Waals surface area contributed by atoms with Crippen LogP contribution < -0.4 is 5.32 Å². The highest BCUT2D eigenvalue weighted by atomic mass is 16.4. The van der Waals surface area contributed by atoms with Gasteiger partial charge >= 0.3 is 5.97 Å². The fraction of sp³-hybridized carbons (Fsp3) is 0.316.